The van der Waals surface area contributed by atoms with Crippen molar-refractivity contribution in [3.05, 3.63) is 55.8 Å². The maximum absolute atomic E-state index is 13.6. The molecule has 18 heavy (non-hydrogen) atoms. The molecule has 90 valence electrons. The van der Waals surface area contributed by atoms with Gasteiger partial charge >= 0.3 is 0 Å². The van der Waals surface area contributed by atoms with E-state index in [9.17, 15) is 9.18 Å². The van der Waals surface area contributed by atoms with Crippen LogP contribution in [0.3, 0.4) is 0 Å². The molecule has 0 saturated carbocycles. The van der Waals surface area contributed by atoms with Gasteiger partial charge in [-0.15, -0.1) is 0 Å². The third kappa shape index (κ3) is 1.70. The first-order chi connectivity index (χ1) is 8.66. The first-order valence-corrected chi connectivity index (χ1v) is 6.14. The van der Waals surface area contributed by atoms with E-state index in [2.05, 4.69) is 10.1 Å². The summed E-state index contributed by atoms with van der Waals surface area (Å²) in [6.07, 6.45) is 2.72. The van der Waals surface area contributed by atoms with Crippen molar-refractivity contribution >= 4 is 34.0 Å². The lowest BCUT2D eigenvalue weighted by Gasteiger charge is -1.97. The van der Waals surface area contributed by atoms with E-state index < -0.39 is 5.82 Å². The predicted molar refractivity (Wildman–Crippen MR) is 67.3 cm³/mol. The van der Waals surface area contributed by atoms with E-state index in [4.69, 9.17) is 11.6 Å². The van der Waals surface area contributed by atoms with Crippen LogP contribution in [0.1, 0.15) is 5.56 Å². The topological polar surface area (TPSA) is 47.3 Å². The molecule has 3 rings (SSSR count). The predicted octanol–water partition coefficient (Wildman–Crippen LogP) is 1.49. The number of thiazole rings is 1. The number of benzene rings is 1. The maximum atomic E-state index is 13.6. The summed E-state index contributed by atoms with van der Waals surface area (Å²) >= 11 is 7.04. The molecule has 7 heteroatoms. The average molecular weight is 282 g/mol. The second-order valence-electron chi connectivity index (χ2n) is 3.51. The highest BCUT2D eigenvalue weighted by molar-refractivity contribution is 7.15. The van der Waals surface area contributed by atoms with E-state index in [1.54, 1.807) is 6.07 Å². The second kappa shape index (κ2) is 4.15. The minimum absolute atomic E-state index is 0.195. The van der Waals surface area contributed by atoms with E-state index in [0.717, 1.165) is 11.3 Å². The van der Waals surface area contributed by atoms with E-state index in [0.29, 0.717) is 9.49 Å². The number of aromatic nitrogens is 3. The average Bonchev–Trinajstić information content (AvgIpc) is 2.89. The molecular formula is C11H5ClFN3OS. The number of hydrogen-bond acceptors (Lipinski definition) is 4. The summed E-state index contributed by atoms with van der Waals surface area (Å²) in [6, 6.07) is 4.37. The Hall–Kier alpha value is -1.79. The standard InChI is InChI=1S/C11H5ClFN3OS/c12-7-2-1-3-8(13)6(7)4-9-10(17)16-11(18-9)14-5-15-16/h1-5H. The fourth-order valence-electron chi connectivity index (χ4n) is 1.56. The summed E-state index contributed by atoms with van der Waals surface area (Å²) < 4.78 is 15.1. The van der Waals surface area contributed by atoms with Crippen LogP contribution in [0.2, 0.25) is 5.02 Å². The molecule has 0 aliphatic heterocycles. The largest absolute Gasteiger partial charge is 0.291 e. The molecule has 0 bridgehead atoms. The molecule has 0 aliphatic rings. The Kier molecular flexibility index (Phi) is 2.61. The zero-order chi connectivity index (χ0) is 12.7. The molecule has 0 unspecified atom stereocenters. The molecular weight excluding hydrogens is 277 g/mol. The van der Waals surface area contributed by atoms with Crippen LogP contribution in [0.25, 0.3) is 11.0 Å². The van der Waals surface area contributed by atoms with Crippen molar-refractivity contribution in [1.29, 1.82) is 0 Å². The van der Waals surface area contributed by atoms with E-state index >= 15 is 0 Å². The summed E-state index contributed by atoms with van der Waals surface area (Å²) in [5, 5.41) is 4.04. The smallest absolute Gasteiger partial charge is 0.266 e. The van der Waals surface area contributed by atoms with Crippen molar-refractivity contribution in [2.45, 2.75) is 0 Å². The normalized spacial score (nSPS) is 12.4. The summed E-state index contributed by atoms with van der Waals surface area (Å²) in [5.74, 6) is -0.471. The highest BCUT2D eigenvalue weighted by Gasteiger charge is 2.08. The highest BCUT2D eigenvalue weighted by atomic mass is 35.5. The quantitative estimate of drug-likeness (QED) is 0.679. The van der Waals surface area contributed by atoms with Crippen molar-refractivity contribution in [2.24, 2.45) is 0 Å². The molecule has 0 radical (unpaired) electrons. The molecule has 2 aromatic heterocycles. The lowest BCUT2D eigenvalue weighted by Crippen LogP contribution is -2.23. The SMILES string of the molecule is O=c1c(=Cc2c(F)cccc2Cl)sc2ncnn12. The van der Waals surface area contributed by atoms with Gasteiger partial charge < -0.3 is 0 Å². The van der Waals surface area contributed by atoms with Crippen LogP contribution in [-0.2, 0) is 0 Å². The molecule has 0 saturated heterocycles. The zero-order valence-corrected chi connectivity index (χ0v) is 10.4. The molecule has 1 aromatic carbocycles. The van der Waals surface area contributed by atoms with Gasteiger partial charge in [-0.25, -0.2) is 9.37 Å². The highest BCUT2D eigenvalue weighted by Crippen LogP contribution is 2.19. The van der Waals surface area contributed by atoms with Gasteiger partial charge in [0.1, 0.15) is 12.1 Å². The molecule has 0 aliphatic carbocycles. The van der Waals surface area contributed by atoms with Gasteiger partial charge in [0.05, 0.1) is 9.55 Å². The van der Waals surface area contributed by atoms with Crippen molar-refractivity contribution in [3.8, 4) is 0 Å². The summed E-state index contributed by atoms with van der Waals surface area (Å²) in [6.45, 7) is 0. The van der Waals surface area contributed by atoms with Gasteiger partial charge in [-0.1, -0.05) is 29.0 Å². The fraction of sp³-hybridized carbons (Fsp3) is 0. The summed E-state index contributed by atoms with van der Waals surface area (Å²) in [4.78, 5) is 16.3. The monoisotopic (exact) mass is 281 g/mol. The van der Waals surface area contributed by atoms with Crippen molar-refractivity contribution in [1.82, 2.24) is 14.6 Å². The Bertz CT molecular complexity index is 821. The lowest BCUT2D eigenvalue weighted by molar-refractivity contribution is 0.625. The maximum Gasteiger partial charge on any atom is 0.291 e. The van der Waals surface area contributed by atoms with Crippen molar-refractivity contribution < 1.29 is 4.39 Å². The van der Waals surface area contributed by atoms with Gasteiger partial charge in [-0.2, -0.15) is 9.61 Å². The molecule has 0 amide bonds. The van der Waals surface area contributed by atoms with Gasteiger partial charge in [0, 0.05) is 5.56 Å². The third-order valence-electron chi connectivity index (χ3n) is 2.40. The first-order valence-electron chi connectivity index (χ1n) is 4.95. The van der Waals surface area contributed by atoms with E-state index in [1.165, 1.54) is 29.1 Å². The molecule has 4 nitrogen and oxygen atoms in total. The Morgan fingerprint density at radius 2 is 2.28 bits per heavy atom. The summed E-state index contributed by atoms with van der Waals surface area (Å²) in [7, 11) is 0. The molecule has 0 N–H and O–H groups in total. The van der Waals surface area contributed by atoms with E-state index in [-0.39, 0.29) is 16.1 Å². The molecule has 0 spiro atoms. The number of hydrogen-bond donors (Lipinski definition) is 0. The number of nitrogens with zero attached hydrogens (tertiary/aromatic N) is 3. The first kappa shape index (κ1) is 11.3. The van der Waals surface area contributed by atoms with Crippen molar-refractivity contribution in [3.63, 3.8) is 0 Å². The Morgan fingerprint density at radius 1 is 1.44 bits per heavy atom. The second-order valence-corrected chi connectivity index (χ2v) is 4.92. The van der Waals surface area contributed by atoms with Crippen LogP contribution in [0, 0.1) is 5.82 Å². The Labute approximate surface area is 109 Å². The van der Waals surface area contributed by atoms with Crippen molar-refractivity contribution in [2.75, 3.05) is 0 Å². The van der Waals surface area contributed by atoms with Crippen LogP contribution in [-0.4, -0.2) is 14.6 Å². The minimum Gasteiger partial charge on any atom is -0.266 e. The number of rotatable bonds is 1. The Morgan fingerprint density at radius 3 is 3.00 bits per heavy atom. The van der Waals surface area contributed by atoms with Crippen LogP contribution in [0.4, 0.5) is 4.39 Å². The van der Waals surface area contributed by atoms with E-state index in [1.807, 2.05) is 0 Å². The number of halogens is 2. The van der Waals surface area contributed by atoms with Gasteiger partial charge in [0.2, 0.25) is 4.96 Å². The van der Waals surface area contributed by atoms with Gasteiger partial charge in [0.25, 0.3) is 5.56 Å². The van der Waals surface area contributed by atoms with Gasteiger partial charge in [-0.3, -0.25) is 4.79 Å². The number of fused-ring (bicyclic) bond motifs is 1. The van der Waals surface area contributed by atoms with Gasteiger partial charge in [0.15, 0.2) is 0 Å². The molecule has 0 atom stereocenters. The zero-order valence-electron chi connectivity index (χ0n) is 8.80. The third-order valence-corrected chi connectivity index (χ3v) is 3.70. The molecule has 3 aromatic rings. The van der Waals surface area contributed by atoms with Crippen LogP contribution < -0.4 is 10.1 Å². The Balaban J connectivity index is 2.31. The minimum atomic E-state index is -0.471. The fourth-order valence-corrected chi connectivity index (χ4v) is 2.64. The lowest BCUT2D eigenvalue weighted by atomic mass is 10.2. The summed E-state index contributed by atoms with van der Waals surface area (Å²) in [5.41, 5.74) is -0.132. The van der Waals surface area contributed by atoms with Crippen LogP contribution in [0.5, 0.6) is 0 Å². The molecule has 2 heterocycles. The van der Waals surface area contributed by atoms with Crippen LogP contribution in [0.15, 0.2) is 29.3 Å². The van der Waals surface area contributed by atoms with Crippen LogP contribution >= 0.6 is 22.9 Å². The van der Waals surface area contributed by atoms with Gasteiger partial charge in [-0.05, 0) is 18.2 Å². The molecule has 0 fully saturated rings.